The fraction of sp³-hybridized carbons (Fsp3) is 0.259. The van der Waals surface area contributed by atoms with Gasteiger partial charge in [-0.3, -0.25) is 9.48 Å². The van der Waals surface area contributed by atoms with E-state index in [1.165, 1.54) is 0 Å². The van der Waals surface area contributed by atoms with Gasteiger partial charge in [-0.05, 0) is 62.2 Å². The van der Waals surface area contributed by atoms with Crippen LogP contribution in [0.15, 0.2) is 73.5 Å². The molecular weight excluding hydrogens is 438 g/mol. The first-order valence-corrected chi connectivity index (χ1v) is 11.7. The van der Waals surface area contributed by atoms with Crippen molar-refractivity contribution in [1.29, 1.82) is 5.26 Å². The van der Waals surface area contributed by atoms with E-state index in [-0.39, 0.29) is 11.9 Å². The number of amides is 1. The van der Waals surface area contributed by atoms with Gasteiger partial charge in [-0.2, -0.15) is 10.4 Å². The van der Waals surface area contributed by atoms with Gasteiger partial charge in [0.15, 0.2) is 0 Å². The molecule has 4 heterocycles. The number of pyridine rings is 1. The van der Waals surface area contributed by atoms with Gasteiger partial charge in [0.25, 0.3) is 5.91 Å². The number of carbonyl (C=O) groups excluding carboxylic acids is 1. The van der Waals surface area contributed by atoms with Gasteiger partial charge in [-0.15, -0.1) is 0 Å². The number of hydrogen-bond donors (Lipinski definition) is 2. The van der Waals surface area contributed by atoms with Gasteiger partial charge < -0.3 is 15.2 Å². The lowest BCUT2D eigenvalue weighted by Gasteiger charge is -2.39. The lowest BCUT2D eigenvalue weighted by Crippen LogP contribution is -2.46. The highest BCUT2D eigenvalue weighted by Crippen LogP contribution is 2.35. The molecule has 0 saturated carbocycles. The van der Waals surface area contributed by atoms with Gasteiger partial charge >= 0.3 is 0 Å². The molecule has 0 radical (unpaired) electrons. The van der Waals surface area contributed by atoms with E-state index in [1.807, 2.05) is 79.7 Å². The Morgan fingerprint density at radius 3 is 2.86 bits per heavy atom. The molecule has 0 spiro atoms. The van der Waals surface area contributed by atoms with Crippen molar-refractivity contribution in [2.75, 3.05) is 11.4 Å². The topological polar surface area (TPSA) is 103 Å². The van der Waals surface area contributed by atoms with E-state index in [2.05, 4.69) is 32.3 Å². The highest BCUT2D eigenvalue weighted by atomic mass is 16.1. The summed E-state index contributed by atoms with van der Waals surface area (Å²) in [5.74, 6) is -0.0868. The Hall–Kier alpha value is -4.38. The van der Waals surface area contributed by atoms with Gasteiger partial charge in [0.05, 0.1) is 24.2 Å². The Bertz CT molecular complexity index is 1420. The number of nitriles is 1. The number of allylic oxidation sites excluding steroid dienone is 1. The Morgan fingerprint density at radius 2 is 2.09 bits per heavy atom. The maximum Gasteiger partial charge on any atom is 0.251 e. The van der Waals surface area contributed by atoms with Crippen molar-refractivity contribution >= 4 is 22.6 Å². The minimum Gasteiger partial charge on any atom is -0.350 e. The number of hydrogen-bond acceptors (Lipinski definition) is 5. The maximum absolute atomic E-state index is 12.3. The van der Waals surface area contributed by atoms with Crippen LogP contribution < -0.4 is 10.2 Å². The molecule has 0 saturated heterocycles. The molecule has 8 nitrogen and oxygen atoms in total. The molecule has 4 aromatic rings. The molecule has 0 fully saturated rings. The molecule has 3 aromatic heterocycles. The van der Waals surface area contributed by atoms with E-state index in [0.29, 0.717) is 24.9 Å². The van der Waals surface area contributed by atoms with Gasteiger partial charge in [-0.1, -0.05) is 6.08 Å². The number of aromatic amines is 1. The molecule has 0 aliphatic carbocycles. The summed E-state index contributed by atoms with van der Waals surface area (Å²) in [5, 5.41) is 18.4. The predicted molar refractivity (Wildman–Crippen MR) is 136 cm³/mol. The molecule has 5 rings (SSSR count). The first kappa shape index (κ1) is 22.4. The number of aromatic nitrogens is 4. The van der Waals surface area contributed by atoms with Crippen LogP contribution in [0, 0.1) is 11.3 Å². The fourth-order valence-corrected chi connectivity index (χ4v) is 4.62. The molecule has 35 heavy (non-hydrogen) atoms. The summed E-state index contributed by atoms with van der Waals surface area (Å²) in [6.07, 6.45) is 12.7. The largest absolute Gasteiger partial charge is 0.350 e. The number of nitrogens with one attached hydrogen (secondary N) is 2. The normalized spacial score (nSPS) is 17.6. The smallest absolute Gasteiger partial charge is 0.251 e. The molecule has 1 aromatic carbocycles. The van der Waals surface area contributed by atoms with Crippen molar-refractivity contribution in [1.82, 2.24) is 25.1 Å². The highest BCUT2D eigenvalue weighted by Gasteiger charge is 2.36. The summed E-state index contributed by atoms with van der Waals surface area (Å²) in [7, 11) is 0. The minimum atomic E-state index is -0.514. The van der Waals surface area contributed by atoms with E-state index in [4.69, 9.17) is 5.10 Å². The van der Waals surface area contributed by atoms with Crippen molar-refractivity contribution in [3.63, 3.8) is 0 Å². The number of rotatable bonds is 6. The van der Waals surface area contributed by atoms with Crippen LogP contribution in [0.5, 0.6) is 0 Å². The van der Waals surface area contributed by atoms with E-state index in [0.717, 1.165) is 27.8 Å². The zero-order valence-electron chi connectivity index (χ0n) is 19.8. The Morgan fingerprint density at radius 1 is 1.26 bits per heavy atom. The van der Waals surface area contributed by atoms with Gasteiger partial charge in [0, 0.05) is 59.6 Å². The van der Waals surface area contributed by atoms with Crippen molar-refractivity contribution in [2.24, 2.45) is 0 Å². The number of fused-ring (bicyclic) bond motifs is 1. The number of H-pyrrole nitrogens is 1. The van der Waals surface area contributed by atoms with Crippen LogP contribution in [0.25, 0.3) is 22.2 Å². The summed E-state index contributed by atoms with van der Waals surface area (Å²) in [5.41, 5.74) is 3.93. The average Bonchev–Trinajstić information content (AvgIpc) is 3.54. The number of carbonyl (C=O) groups is 1. The Labute approximate surface area is 203 Å². The van der Waals surface area contributed by atoms with Gasteiger partial charge in [-0.25, -0.2) is 4.98 Å². The lowest BCUT2D eigenvalue weighted by atomic mass is 9.88. The number of benzene rings is 1. The van der Waals surface area contributed by atoms with Crippen LogP contribution in [0.1, 0.15) is 37.0 Å². The fourth-order valence-electron chi connectivity index (χ4n) is 4.62. The molecule has 1 aliphatic rings. The van der Waals surface area contributed by atoms with Crippen LogP contribution >= 0.6 is 0 Å². The van der Waals surface area contributed by atoms with Crippen molar-refractivity contribution in [3.8, 4) is 17.2 Å². The van der Waals surface area contributed by atoms with E-state index < -0.39 is 5.54 Å². The Kier molecular flexibility index (Phi) is 5.83. The second kappa shape index (κ2) is 9.11. The summed E-state index contributed by atoms with van der Waals surface area (Å²) in [6, 6.07) is 14.0. The molecule has 2 N–H and O–H groups in total. The number of nitrogens with zero attached hydrogens (tertiary/aromatic N) is 5. The summed E-state index contributed by atoms with van der Waals surface area (Å²) in [6.45, 7) is 4.47. The van der Waals surface area contributed by atoms with E-state index in [9.17, 15) is 10.1 Å². The monoisotopic (exact) mass is 465 g/mol. The standard InChI is InChI=1S/C27H27N7O/c1-19(2)32-26(35)20-4-6-22(7-5-20)33-15-3-10-27(18-33,11-12-28)34-17-21(16-31-34)23-8-13-29-25-24(23)9-14-30-25/h3-9,13-17,19H,10-11,18H2,1-2H3,(H,29,30)(H,32,35). The quantitative estimate of drug-likeness (QED) is 0.433. The average molecular weight is 466 g/mol. The van der Waals surface area contributed by atoms with Crippen LogP contribution in [-0.2, 0) is 5.54 Å². The van der Waals surface area contributed by atoms with E-state index in [1.54, 1.807) is 6.20 Å². The lowest BCUT2D eigenvalue weighted by molar-refractivity contribution is 0.0943. The molecule has 1 unspecified atom stereocenters. The summed E-state index contributed by atoms with van der Waals surface area (Å²) < 4.78 is 1.94. The zero-order chi connectivity index (χ0) is 24.4. The van der Waals surface area contributed by atoms with Crippen LogP contribution in [0.3, 0.4) is 0 Å². The van der Waals surface area contributed by atoms with Crippen molar-refractivity contribution in [2.45, 2.75) is 38.3 Å². The highest BCUT2D eigenvalue weighted by molar-refractivity contribution is 5.94. The summed E-state index contributed by atoms with van der Waals surface area (Å²) >= 11 is 0. The van der Waals surface area contributed by atoms with Crippen LogP contribution in [-0.4, -0.2) is 38.2 Å². The van der Waals surface area contributed by atoms with Crippen LogP contribution in [0.4, 0.5) is 5.69 Å². The van der Waals surface area contributed by atoms with Crippen molar-refractivity contribution < 1.29 is 4.79 Å². The predicted octanol–water partition coefficient (Wildman–Crippen LogP) is 4.60. The van der Waals surface area contributed by atoms with Gasteiger partial charge in [0.1, 0.15) is 5.65 Å². The van der Waals surface area contributed by atoms with Gasteiger partial charge in [0.2, 0.25) is 0 Å². The van der Waals surface area contributed by atoms with Crippen molar-refractivity contribution in [3.05, 3.63) is 79.0 Å². The molecule has 8 heteroatoms. The van der Waals surface area contributed by atoms with Crippen LogP contribution in [0.2, 0.25) is 0 Å². The molecular formula is C27H27N7O. The number of anilines is 1. The second-order valence-corrected chi connectivity index (χ2v) is 9.22. The maximum atomic E-state index is 12.3. The third kappa shape index (κ3) is 4.28. The Balaban J connectivity index is 1.43. The first-order valence-electron chi connectivity index (χ1n) is 11.7. The molecule has 1 aliphatic heterocycles. The molecule has 1 atom stereocenters. The summed E-state index contributed by atoms with van der Waals surface area (Å²) in [4.78, 5) is 21.9. The SMILES string of the molecule is CC(C)NC(=O)c1ccc(N2C=CCC(CC#N)(n3cc(-c4ccnc5[nH]ccc45)cn3)C2)cc1. The second-order valence-electron chi connectivity index (χ2n) is 9.22. The van der Waals surface area contributed by atoms with E-state index >= 15 is 0 Å². The third-order valence-electron chi connectivity index (χ3n) is 6.38. The molecule has 176 valence electrons. The minimum absolute atomic E-state index is 0.0817. The molecule has 0 bridgehead atoms. The zero-order valence-corrected chi connectivity index (χ0v) is 19.8. The third-order valence-corrected chi connectivity index (χ3v) is 6.38. The first-order chi connectivity index (χ1) is 17.0. The molecule has 1 amide bonds.